The number of hydrogen-bond acceptors (Lipinski definition) is 3. The molecule has 0 amide bonds. The molecule has 1 aliphatic rings. The van der Waals surface area contributed by atoms with Crippen LogP contribution in [-0.2, 0) is 8.85 Å². The van der Waals surface area contributed by atoms with Gasteiger partial charge in [-0.2, -0.15) is 0 Å². The first kappa shape index (κ1) is 17.4. The molecule has 114 valence electrons. The van der Waals surface area contributed by atoms with Gasteiger partial charge in [0.2, 0.25) is 0 Å². The Labute approximate surface area is 122 Å². The molecule has 1 atom stereocenters. The van der Waals surface area contributed by atoms with Crippen molar-refractivity contribution < 1.29 is 8.85 Å². The number of hydrogen-bond donors (Lipinski definition) is 0. The highest BCUT2D eigenvalue weighted by Crippen LogP contribution is 2.28. The molecule has 1 saturated heterocycles. The molecule has 0 aromatic carbocycles. The van der Waals surface area contributed by atoms with Crippen LogP contribution in [0.2, 0.25) is 32.2 Å². The summed E-state index contributed by atoms with van der Waals surface area (Å²) < 4.78 is 14.0. The molecule has 1 fully saturated rings. The van der Waals surface area contributed by atoms with Gasteiger partial charge in [0.05, 0.1) is 0 Å². The SMILES string of the molecule is CO[Si](C)(CCCC1CCCCN1[Si](C)(C)C)OC. The fourth-order valence-corrected chi connectivity index (χ4v) is 6.73. The summed E-state index contributed by atoms with van der Waals surface area (Å²) in [7, 11) is 0.586. The second-order valence-electron chi connectivity index (χ2n) is 6.95. The third kappa shape index (κ3) is 5.30. The van der Waals surface area contributed by atoms with Gasteiger partial charge in [0.25, 0.3) is 0 Å². The summed E-state index contributed by atoms with van der Waals surface area (Å²) in [6.45, 7) is 10.9. The van der Waals surface area contributed by atoms with Crippen LogP contribution >= 0.6 is 0 Å². The van der Waals surface area contributed by atoms with E-state index in [4.69, 9.17) is 8.85 Å². The van der Waals surface area contributed by atoms with Crippen LogP contribution in [0.3, 0.4) is 0 Å². The van der Waals surface area contributed by atoms with Crippen LogP contribution < -0.4 is 0 Å². The van der Waals surface area contributed by atoms with Gasteiger partial charge < -0.3 is 13.4 Å². The van der Waals surface area contributed by atoms with Crippen LogP contribution in [0, 0.1) is 0 Å². The van der Waals surface area contributed by atoms with Gasteiger partial charge in [-0.15, -0.1) is 0 Å². The third-order valence-corrected chi connectivity index (χ3v) is 9.82. The molecule has 0 aromatic rings. The summed E-state index contributed by atoms with van der Waals surface area (Å²) in [6.07, 6.45) is 6.76. The first-order valence-corrected chi connectivity index (χ1v) is 13.7. The number of piperidine rings is 1. The maximum atomic E-state index is 5.58. The van der Waals surface area contributed by atoms with E-state index in [0.29, 0.717) is 0 Å². The normalized spacial score (nSPS) is 22.7. The van der Waals surface area contributed by atoms with Crippen molar-refractivity contribution in [2.24, 2.45) is 0 Å². The van der Waals surface area contributed by atoms with Crippen LogP contribution in [0.1, 0.15) is 32.1 Å². The zero-order valence-corrected chi connectivity index (χ0v) is 15.8. The Morgan fingerprint density at radius 3 is 2.21 bits per heavy atom. The molecule has 0 saturated carbocycles. The average Bonchev–Trinajstić information content (AvgIpc) is 2.38. The molecule has 0 spiro atoms. The van der Waals surface area contributed by atoms with Gasteiger partial charge in [-0.05, 0) is 44.8 Å². The van der Waals surface area contributed by atoms with Gasteiger partial charge in [-0.3, -0.25) is 0 Å². The van der Waals surface area contributed by atoms with Gasteiger partial charge >= 0.3 is 8.56 Å². The molecule has 19 heavy (non-hydrogen) atoms. The van der Waals surface area contributed by atoms with Crippen molar-refractivity contribution >= 4 is 16.8 Å². The van der Waals surface area contributed by atoms with Crippen molar-refractivity contribution in [1.29, 1.82) is 0 Å². The van der Waals surface area contributed by atoms with Gasteiger partial charge in [0.15, 0.2) is 0 Å². The predicted molar refractivity (Wildman–Crippen MR) is 87.4 cm³/mol. The Morgan fingerprint density at radius 1 is 1.05 bits per heavy atom. The zero-order chi connectivity index (χ0) is 14.5. The Hall–Kier alpha value is 0.314. The van der Waals surface area contributed by atoms with Crippen molar-refractivity contribution in [2.75, 3.05) is 20.8 Å². The largest absolute Gasteiger partial charge is 0.398 e. The summed E-state index contributed by atoms with van der Waals surface area (Å²) in [6, 6.07) is 1.93. The van der Waals surface area contributed by atoms with Crippen LogP contribution in [0.5, 0.6) is 0 Å². The van der Waals surface area contributed by atoms with Crippen molar-refractivity contribution in [1.82, 2.24) is 4.57 Å². The third-order valence-electron chi connectivity index (χ3n) is 4.52. The predicted octanol–water partition coefficient (Wildman–Crippen LogP) is 3.82. The first-order chi connectivity index (χ1) is 8.82. The molecule has 0 aliphatic carbocycles. The highest BCUT2D eigenvalue weighted by Gasteiger charge is 2.33. The minimum atomic E-state index is -1.86. The minimum Gasteiger partial charge on any atom is -0.398 e. The summed E-state index contributed by atoms with van der Waals surface area (Å²) in [5, 5.41) is 0. The molecule has 0 bridgehead atoms. The lowest BCUT2D eigenvalue weighted by Gasteiger charge is -2.44. The van der Waals surface area contributed by atoms with Crippen molar-refractivity contribution in [3.05, 3.63) is 0 Å². The minimum absolute atomic E-state index is 0.812. The molecule has 1 rings (SSSR count). The van der Waals surface area contributed by atoms with Gasteiger partial charge in [-0.25, -0.2) is 0 Å². The van der Waals surface area contributed by atoms with E-state index in [1.165, 1.54) is 38.6 Å². The molecule has 5 heteroatoms. The van der Waals surface area contributed by atoms with Crippen LogP contribution in [0.15, 0.2) is 0 Å². The summed E-state index contributed by atoms with van der Waals surface area (Å²) >= 11 is 0. The van der Waals surface area contributed by atoms with Gasteiger partial charge in [-0.1, -0.05) is 26.1 Å². The highest BCUT2D eigenvalue weighted by molar-refractivity contribution is 6.73. The summed E-state index contributed by atoms with van der Waals surface area (Å²) in [5.74, 6) is 0. The lowest BCUT2D eigenvalue weighted by molar-refractivity contribution is 0.223. The Balaban J connectivity index is 2.46. The lowest BCUT2D eigenvalue weighted by Crippen LogP contribution is -2.54. The molecule has 1 aliphatic heterocycles. The molecule has 1 unspecified atom stereocenters. The Kier molecular flexibility index (Phi) is 6.73. The molecule has 1 heterocycles. The second kappa shape index (κ2) is 7.36. The van der Waals surface area contributed by atoms with Crippen LogP contribution in [0.4, 0.5) is 0 Å². The lowest BCUT2D eigenvalue weighted by atomic mass is 10.0. The van der Waals surface area contributed by atoms with Crippen molar-refractivity contribution in [2.45, 2.75) is 70.4 Å². The van der Waals surface area contributed by atoms with E-state index in [0.717, 1.165) is 12.1 Å². The van der Waals surface area contributed by atoms with E-state index < -0.39 is 16.8 Å². The average molecular weight is 304 g/mol. The van der Waals surface area contributed by atoms with E-state index in [1.807, 2.05) is 0 Å². The Morgan fingerprint density at radius 2 is 1.68 bits per heavy atom. The first-order valence-electron chi connectivity index (χ1n) is 7.69. The van der Waals surface area contributed by atoms with E-state index in [9.17, 15) is 0 Å². The molecule has 0 aromatic heterocycles. The maximum absolute atomic E-state index is 5.58. The second-order valence-corrected chi connectivity index (χ2v) is 15.4. The molecular formula is C14H33NO2Si2. The number of rotatable bonds is 7. The van der Waals surface area contributed by atoms with Crippen molar-refractivity contribution in [3.8, 4) is 0 Å². The smallest absolute Gasteiger partial charge is 0.334 e. The Bertz CT molecular complexity index is 265. The topological polar surface area (TPSA) is 21.7 Å². The standard InChI is InChI=1S/C14H33NO2Si2/c1-16-19(6,17-2)13-9-11-14-10-7-8-12-15(14)18(3,4)5/h14H,7-13H2,1-6H3. The fraction of sp³-hybridized carbons (Fsp3) is 1.00. The van der Waals surface area contributed by atoms with E-state index >= 15 is 0 Å². The molecule has 3 nitrogen and oxygen atoms in total. The molecule has 0 radical (unpaired) electrons. The highest BCUT2D eigenvalue weighted by atomic mass is 28.4. The monoisotopic (exact) mass is 303 g/mol. The zero-order valence-electron chi connectivity index (χ0n) is 13.8. The van der Waals surface area contributed by atoms with E-state index in [2.05, 4.69) is 30.8 Å². The van der Waals surface area contributed by atoms with Crippen molar-refractivity contribution in [3.63, 3.8) is 0 Å². The number of nitrogens with zero attached hydrogens (tertiary/aromatic N) is 1. The fourth-order valence-electron chi connectivity index (χ4n) is 3.13. The van der Waals surface area contributed by atoms with Gasteiger partial charge in [0, 0.05) is 20.3 Å². The van der Waals surface area contributed by atoms with E-state index in [-0.39, 0.29) is 0 Å². The quantitative estimate of drug-likeness (QED) is 0.667. The molecule has 0 N–H and O–H groups in total. The van der Waals surface area contributed by atoms with Gasteiger partial charge in [0.1, 0.15) is 8.24 Å². The maximum Gasteiger partial charge on any atom is 0.334 e. The summed E-state index contributed by atoms with van der Waals surface area (Å²) in [5.41, 5.74) is 0. The van der Waals surface area contributed by atoms with E-state index in [1.54, 1.807) is 14.2 Å². The summed E-state index contributed by atoms with van der Waals surface area (Å²) in [4.78, 5) is 0. The molecular weight excluding hydrogens is 270 g/mol. The van der Waals surface area contributed by atoms with Crippen LogP contribution in [0.25, 0.3) is 0 Å². The van der Waals surface area contributed by atoms with Crippen LogP contribution in [-0.4, -0.2) is 48.2 Å².